The monoisotopic (exact) mass is 367 g/mol. The highest BCUT2D eigenvalue weighted by atomic mass is 32.1. The zero-order chi connectivity index (χ0) is 18.1. The molecule has 0 radical (unpaired) electrons. The number of fused-ring (bicyclic) bond motifs is 1. The highest BCUT2D eigenvalue weighted by Crippen LogP contribution is 2.33. The van der Waals surface area contributed by atoms with E-state index < -0.39 is 0 Å². The molecule has 1 aliphatic heterocycles. The van der Waals surface area contributed by atoms with Gasteiger partial charge < -0.3 is 9.42 Å². The van der Waals surface area contributed by atoms with E-state index in [0.717, 1.165) is 48.5 Å². The van der Waals surface area contributed by atoms with Crippen molar-refractivity contribution < 1.29 is 9.32 Å². The first-order valence-electron chi connectivity index (χ1n) is 8.87. The Morgan fingerprint density at radius 1 is 1.27 bits per heavy atom. The fraction of sp³-hybridized carbons (Fsp3) is 0.350. The Labute approximate surface area is 156 Å². The van der Waals surface area contributed by atoms with Gasteiger partial charge in [0, 0.05) is 30.6 Å². The molecule has 3 aromatic rings. The number of rotatable bonds is 3. The van der Waals surface area contributed by atoms with Gasteiger partial charge >= 0.3 is 0 Å². The minimum Gasteiger partial charge on any atom is -0.361 e. The van der Waals surface area contributed by atoms with Crippen LogP contribution in [-0.2, 0) is 4.79 Å². The van der Waals surface area contributed by atoms with Gasteiger partial charge in [-0.15, -0.1) is 11.3 Å². The molecule has 4 rings (SSSR count). The van der Waals surface area contributed by atoms with E-state index in [-0.39, 0.29) is 5.91 Å². The topological polar surface area (TPSA) is 59.2 Å². The summed E-state index contributed by atoms with van der Waals surface area (Å²) in [6.45, 7) is 5.27. The molecule has 0 atom stereocenters. The molecule has 1 fully saturated rings. The number of hydrogen-bond donors (Lipinski definition) is 0. The average Bonchev–Trinajstić information content (AvgIpc) is 3.23. The molecule has 1 aromatic carbocycles. The molecule has 0 bridgehead atoms. The van der Waals surface area contributed by atoms with E-state index in [2.05, 4.69) is 23.4 Å². The quantitative estimate of drug-likeness (QED) is 0.647. The van der Waals surface area contributed by atoms with Gasteiger partial charge in [0.1, 0.15) is 5.76 Å². The predicted molar refractivity (Wildman–Crippen MR) is 103 cm³/mol. The van der Waals surface area contributed by atoms with Crippen molar-refractivity contribution >= 4 is 33.5 Å². The molecule has 5 nitrogen and oxygen atoms in total. The van der Waals surface area contributed by atoms with Crippen molar-refractivity contribution in [1.29, 1.82) is 0 Å². The predicted octanol–water partition coefficient (Wildman–Crippen LogP) is 4.32. The highest BCUT2D eigenvalue weighted by molar-refractivity contribution is 7.18. The van der Waals surface area contributed by atoms with Gasteiger partial charge in [-0.05, 0) is 44.9 Å². The van der Waals surface area contributed by atoms with Crippen LogP contribution in [0.4, 0.5) is 0 Å². The van der Waals surface area contributed by atoms with Crippen LogP contribution in [0.25, 0.3) is 16.3 Å². The van der Waals surface area contributed by atoms with Crippen LogP contribution in [0.2, 0.25) is 0 Å². The van der Waals surface area contributed by atoms with Crippen LogP contribution < -0.4 is 0 Å². The zero-order valence-corrected chi connectivity index (χ0v) is 15.8. The molecule has 26 heavy (non-hydrogen) atoms. The maximum absolute atomic E-state index is 12.5. The number of amides is 1. The van der Waals surface area contributed by atoms with Crippen molar-refractivity contribution in [2.75, 3.05) is 13.1 Å². The number of para-hydroxylation sites is 1. The second-order valence-corrected chi connectivity index (χ2v) is 7.75. The number of carbonyl (C=O) groups excluding carboxylic acids is 1. The molecule has 134 valence electrons. The number of likely N-dealkylation sites (tertiary alicyclic amines) is 1. The van der Waals surface area contributed by atoms with Crippen LogP contribution in [0.15, 0.2) is 34.9 Å². The van der Waals surface area contributed by atoms with Crippen LogP contribution in [0.1, 0.15) is 40.8 Å². The normalized spacial score (nSPS) is 16.0. The number of nitrogens with zero attached hydrogens (tertiary/aromatic N) is 3. The molecule has 0 spiro atoms. The second-order valence-electron chi connectivity index (χ2n) is 6.69. The Kier molecular flexibility index (Phi) is 4.59. The van der Waals surface area contributed by atoms with Crippen molar-refractivity contribution in [3.8, 4) is 0 Å². The van der Waals surface area contributed by atoms with Crippen LogP contribution in [0, 0.1) is 13.8 Å². The lowest BCUT2D eigenvalue weighted by atomic mass is 9.97. The van der Waals surface area contributed by atoms with E-state index >= 15 is 0 Å². The second kappa shape index (κ2) is 7.03. The summed E-state index contributed by atoms with van der Waals surface area (Å²) in [6.07, 6.45) is 5.36. The minimum atomic E-state index is 0.0488. The van der Waals surface area contributed by atoms with Gasteiger partial charge in [0.25, 0.3) is 0 Å². The zero-order valence-electron chi connectivity index (χ0n) is 14.9. The number of aryl methyl sites for hydroxylation is 2. The van der Waals surface area contributed by atoms with Crippen LogP contribution >= 0.6 is 11.3 Å². The van der Waals surface area contributed by atoms with E-state index in [0.29, 0.717) is 5.92 Å². The number of benzene rings is 1. The smallest absolute Gasteiger partial charge is 0.246 e. The Hall–Kier alpha value is -2.47. The maximum atomic E-state index is 12.5. The molecular formula is C20H21N3O2S. The molecule has 2 aromatic heterocycles. The molecule has 0 unspecified atom stereocenters. The van der Waals surface area contributed by atoms with Gasteiger partial charge in [-0.3, -0.25) is 4.79 Å². The summed E-state index contributed by atoms with van der Waals surface area (Å²) < 4.78 is 6.37. The molecule has 1 saturated heterocycles. The lowest BCUT2D eigenvalue weighted by Crippen LogP contribution is -2.36. The highest BCUT2D eigenvalue weighted by Gasteiger charge is 2.25. The molecule has 0 saturated carbocycles. The third-order valence-corrected chi connectivity index (χ3v) is 6.15. The largest absolute Gasteiger partial charge is 0.361 e. The van der Waals surface area contributed by atoms with E-state index in [1.54, 1.807) is 17.4 Å². The van der Waals surface area contributed by atoms with E-state index in [4.69, 9.17) is 9.51 Å². The average molecular weight is 367 g/mol. The van der Waals surface area contributed by atoms with Gasteiger partial charge in [0.2, 0.25) is 5.91 Å². The van der Waals surface area contributed by atoms with Gasteiger partial charge in [-0.2, -0.15) is 0 Å². The Balaban J connectivity index is 1.39. The summed E-state index contributed by atoms with van der Waals surface area (Å²) in [6, 6.07) is 8.26. The molecule has 0 N–H and O–H groups in total. The van der Waals surface area contributed by atoms with Crippen molar-refractivity contribution in [1.82, 2.24) is 15.0 Å². The molecule has 1 aliphatic rings. The van der Waals surface area contributed by atoms with Gasteiger partial charge in [-0.1, -0.05) is 17.3 Å². The third kappa shape index (κ3) is 3.29. The van der Waals surface area contributed by atoms with Crippen molar-refractivity contribution in [2.45, 2.75) is 32.6 Å². The van der Waals surface area contributed by atoms with Crippen LogP contribution in [-0.4, -0.2) is 34.0 Å². The van der Waals surface area contributed by atoms with E-state index in [9.17, 15) is 4.79 Å². The molecule has 3 heterocycles. The lowest BCUT2D eigenvalue weighted by Gasteiger charge is -2.30. The van der Waals surface area contributed by atoms with Crippen molar-refractivity contribution in [2.24, 2.45) is 0 Å². The molecule has 0 aliphatic carbocycles. The fourth-order valence-electron chi connectivity index (χ4n) is 3.40. The molecular weight excluding hydrogens is 346 g/mol. The van der Waals surface area contributed by atoms with Gasteiger partial charge in [0.05, 0.1) is 20.9 Å². The first-order valence-corrected chi connectivity index (χ1v) is 9.69. The number of thiazole rings is 1. The van der Waals surface area contributed by atoms with Crippen LogP contribution in [0.3, 0.4) is 0 Å². The molecule has 6 heteroatoms. The fourth-order valence-corrected chi connectivity index (χ4v) is 4.54. The summed E-state index contributed by atoms with van der Waals surface area (Å²) in [5.74, 6) is 1.23. The number of carbonyl (C=O) groups is 1. The number of hydrogen-bond acceptors (Lipinski definition) is 5. The van der Waals surface area contributed by atoms with Crippen molar-refractivity contribution in [3.63, 3.8) is 0 Å². The standard InChI is InChI=1S/C20H21N3O2S/c1-13-16(14(2)25-22-13)7-8-19(24)23-11-9-15(10-12-23)20-21-17-5-3-4-6-18(17)26-20/h3-8,15H,9-12H2,1-2H3/b8-7+. The van der Waals surface area contributed by atoms with E-state index in [1.807, 2.05) is 30.9 Å². The molecule has 1 amide bonds. The Morgan fingerprint density at radius 2 is 2.04 bits per heavy atom. The summed E-state index contributed by atoms with van der Waals surface area (Å²) in [5, 5.41) is 5.11. The minimum absolute atomic E-state index is 0.0488. The summed E-state index contributed by atoms with van der Waals surface area (Å²) in [7, 11) is 0. The lowest BCUT2D eigenvalue weighted by molar-refractivity contribution is -0.126. The summed E-state index contributed by atoms with van der Waals surface area (Å²) >= 11 is 1.78. The Morgan fingerprint density at radius 3 is 2.73 bits per heavy atom. The summed E-state index contributed by atoms with van der Waals surface area (Å²) in [5.41, 5.74) is 2.78. The van der Waals surface area contributed by atoms with E-state index in [1.165, 1.54) is 9.71 Å². The first-order chi connectivity index (χ1) is 12.6. The number of aromatic nitrogens is 2. The van der Waals surface area contributed by atoms with Crippen molar-refractivity contribution in [3.05, 3.63) is 52.4 Å². The maximum Gasteiger partial charge on any atom is 0.246 e. The first kappa shape index (κ1) is 17.0. The van der Waals surface area contributed by atoms with Gasteiger partial charge in [0.15, 0.2) is 0 Å². The summed E-state index contributed by atoms with van der Waals surface area (Å²) in [4.78, 5) is 19.2. The third-order valence-electron chi connectivity index (χ3n) is 4.95. The van der Waals surface area contributed by atoms with Gasteiger partial charge in [-0.25, -0.2) is 4.98 Å². The Bertz CT molecular complexity index is 912. The van der Waals surface area contributed by atoms with Crippen LogP contribution in [0.5, 0.6) is 0 Å². The number of piperidine rings is 1. The SMILES string of the molecule is Cc1noc(C)c1/C=C/C(=O)N1CCC(c2nc3ccccc3s2)CC1.